The molecule has 2 aromatic carbocycles. The number of hydrogen-bond acceptors (Lipinski definition) is 3. The summed E-state index contributed by atoms with van der Waals surface area (Å²) in [5.41, 5.74) is 0.977. The molecule has 0 bridgehead atoms. The Kier molecular flexibility index (Phi) is 4.73. The molecule has 1 saturated heterocycles. The molecule has 0 spiro atoms. The first-order chi connectivity index (χ1) is 11.0. The van der Waals surface area contributed by atoms with Crippen LogP contribution in [0, 0.1) is 0 Å². The second kappa shape index (κ2) is 6.61. The Bertz CT molecular complexity index is 779. The van der Waals surface area contributed by atoms with Crippen LogP contribution in [0.5, 0.6) is 0 Å². The average Bonchev–Trinajstić information content (AvgIpc) is 2.56. The molecule has 122 valence electrons. The first kappa shape index (κ1) is 16.5. The van der Waals surface area contributed by atoms with Crippen molar-refractivity contribution in [2.45, 2.75) is 24.0 Å². The lowest BCUT2D eigenvalue weighted by Gasteiger charge is -2.37. The highest BCUT2D eigenvalue weighted by atomic mass is 35.5. The monoisotopic (exact) mass is 351 g/mol. The Balaban J connectivity index is 1.91. The second-order valence-electron chi connectivity index (χ2n) is 5.61. The predicted octanol–water partition coefficient (Wildman–Crippen LogP) is 3.49. The Morgan fingerprint density at radius 3 is 2.57 bits per heavy atom. The number of morpholine rings is 1. The first-order valence-corrected chi connectivity index (χ1v) is 9.24. The van der Waals surface area contributed by atoms with Crippen LogP contribution < -0.4 is 0 Å². The molecule has 0 N–H and O–H groups in total. The molecule has 0 radical (unpaired) electrons. The molecular formula is C17H18ClNO3S. The third kappa shape index (κ3) is 3.43. The van der Waals surface area contributed by atoms with Crippen LogP contribution in [0.3, 0.4) is 0 Å². The minimum Gasteiger partial charge on any atom is -0.370 e. The van der Waals surface area contributed by atoms with E-state index >= 15 is 0 Å². The number of nitrogens with zero attached hydrogens (tertiary/aromatic N) is 1. The van der Waals surface area contributed by atoms with Crippen molar-refractivity contribution >= 4 is 21.6 Å². The SMILES string of the molecule is CC1COC(c2ccccc2)CN1S(=O)(=O)c1cccc(Cl)c1. The highest BCUT2D eigenvalue weighted by Gasteiger charge is 2.36. The molecule has 2 unspecified atom stereocenters. The van der Waals surface area contributed by atoms with E-state index in [1.54, 1.807) is 18.2 Å². The van der Waals surface area contributed by atoms with Crippen LogP contribution in [0.1, 0.15) is 18.6 Å². The van der Waals surface area contributed by atoms with E-state index in [0.29, 0.717) is 18.2 Å². The van der Waals surface area contributed by atoms with Gasteiger partial charge in [-0.25, -0.2) is 8.42 Å². The van der Waals surface area contributed by atoms with E-state index in [4.69, 9.17) is 16.3 Å². The summed E-state index contributed by atoms with van der Waals surface area (Å²) in [5.74, 6) is 0. The van der Waals surface area contributed by atoms with Gasteiger partial charge in [-0.1, -0.05) is 48.0 Å². The van der Waals surface area contributed by atoms with Gasteiger partial charge in [-0.2, -0.15) is 4.31 Å². The van der Waals surface area contributed by atoms with Crippen LogP contribution in [-0.2, 0) is 14.8 Å². The van der Waals surface area contributed by atoms with Crippen molar-refractivity contribution in [1.29, 1.82) is 0 Å². The zero-order valence-corrected chi connectivity index (χ0v) is 14.3. The summed E-state index contributed by atoms with van der Waals surface area (Å²) >= 11 is 5.94. The lowest BCUT2D eigenvalue weighted by atomic mass is 10.1. The molecule has 0 aliphatic carbocycles. The summed E-state index contributed by atoms with van der Waals surface area (Å²) in [7, 11) is -3.61. The van der Waals surface area contributed by atoms with Crippen molar-refractivity contribution in [2.75, 3.05) is 13.2 Å². The highest BCUT2D eigenvalue weighted by Crippen LogP contribution is 2.30. The van der Waals surface area contributed by atoms with Crippen LogP contribution in [0.15, 0.2) is 59.5 Å². The van der Waals surface area contributed by atoms with Crippen LogP contribution in [-0.4, -0.2) is 31.9 Å². The van der Waals surface area contributed by atoms with Gasteiger partial charge in [-0.05, 0) is 30.7 Å². The van der Waals surface area contributed by atoms with Crippen LogP contribution >= 0.6 is 11.6 Å². The summed E-state index contributed by atoms with van der Waals surface area (Å²) in [6.45, 7) is 2.50. The summed E-state index contributed by atoms with van der Waals surface area (Å²) in [4.78, 5) is 0.213. The van der Waals surface area contributed by atoms with Crippen molar-refractivity contribution < 1.29 is 13.2 Å². The van der Waals surface area contributed by atoms with Crippen molar-refractivity contribution in [3.05, 3.63) is 65.2 Å². The van der Waals surface area contributed by atoms with Crippen LogP contribution in [0.25, 0.3) is 0 Å². The van der Waals surface area contributed by atoms with Gasteiger partial charge >= 0.3 is 0 Å². The van der Waals surface area contributed by atoms with Gasteiger partial charge in [-0.3, -0.25) is 0 Å². The van der Waals surface area contributed by atoms with Crippen molar-refractivity contribution in [3.63, 3.8) is 0 Å². The van der Waals surface area contributed by atoms with Gasteiger partial charge in [0.05, 0.1) is 17.6 Å². The molecule has 2 aromatic rings. The van der Waals surface area contributed by atoms with Crippen LogP contribution in [0.4, 0.5) is 0 Å². The Morgan fingerprint density at radius 1 is 1.13 bits per heavy atom. The number of halogens is 1. The summed E-state index contributed by atoms with van der Waals surface area (Å²) in [6.07, 6.45) is -0.263. The fourth-order valence-electron chi connectivity index (χ4n) is 2.70. The second-order valence-corrected chi connectivity index (χ2v) is 7.94. The number of ether oxygens (including phenoxy) is 1. The van der Waals surface area contributed by atoms with Crippen LogP contribution in [0.2, 0.25) is 5.02 Å². The molecule has 2 atom stereocenters. The molecule has 0 aromatic heterocycles. The van der Waals surface area contributed by atoms with Crippen molar-refractivity contribution in [1.82, 2.24) is 4.31 Å². The molecule has 6 heteroatoms. The lowest BCUT2D eigenvalue weighted by Crippen LogP contribution is -2.48. The maximum atomic E-state index is 12.9. The molecule has 1 fully saturated rings. The third-order valence-electron chi connectivity index (χ3n) is 3.95. The highest BCUT2D eigenvalue weighted by molar-refractivity contribution is 7.89. The lowest BCUT2D eigenvalue weighted by molar-refractivity contribution is -0.0288. The van der Waals surface area contributed by atoms with E-state index < -0.39 is 10.0 Å². The summed E-state index contributed by atoms with van der Waals surface area (Å²) in [5, 5.41) is 0.409. The van der Waals surface area contributed by atoms with E-state index in [1.165, 1.54) is 10.4 Å². The maximum absolute atomic E-state index is 12.9. The third-order valence-corrected chi connectivity index (χ3v) is 6.16. The fourth-order valence-corrected chi connectivity index (χ4v) is 4.62. The van der Waals surface area contributed by atoms with Gasteiger partial charge in [-0.15, -0.1) is 0 Å². The zero-order valence-electron chi connectivity index (χ0n) is 12.7. The number of sulfonamides is 1. The molecule has 23 heavy (non-hydrogen) atoms. The van der Waals surface area contributed by atoms with Gasteiger partial charge in [0, 0.05) is 17.6 Å². The number of benzene rings is 2. The molecule has 3 rings (SSSR count). The predicted molar refractivity (Wildman–Crippen MR) is 89.9 cm³/mol. The smallest absolute Gasteiger partial charge is 0.243 e. The number of hydrogen-bond donors (Lipinski definition) is 0. The molecule has 1 heterocycles. The van der Waals surface area contributed by atoms with E-state index in [2.05, 4.69) is 0 Å². The first-order valence-electron chi connectivity index (χ1n) is 7.42. The Morgan fingerprint density at radius 2 is 1.87 bits per heavy atom. The fraction of sp³-hybridized carbons (Fsp3) is 0.294. The van der Waals surface area contributed by atoms with E-state index in [-0.39, 0.29) is 17.0 Å². The van der Waals surface area contributed by atoms with E-state index in [0.717, 1.165) is 5.56 Å². The summed E-state index contributed by atoms with van der Waals surface area (Å²) in [6, 6.07) is 15.8. The van der Waals surface area contributed by atoms with Gasteiger partial charge in [0.15, 0.2) is 0 Å². The van der Waals surface area contributed by atoms with Gasteiger partial charge in [0.1, 0.15) is 0 Å². The normalized spacial score (nSPS) is 22.9. The zero-order chi connectivity index (χ0) is 16.4. The molecular weight excluding hydrogens is 334 g/mol. The Labute approximate surface area is 141 Å². The van der Waals surface area contributed by atoms with E-state index in [1.807, 2.05) is 37.3 Å². The molecule has 0 saturated carbocycles. The van der Waals surface area contributed by atoms with Gasteiger partial charge in [0.2, 0.25) is 10.0 Å². The molecule has 1 aliphatic rings. The maximum Gasteiger partial charge on any atom is 0.243 e. The van der Waals surface area contributed by atoms with Gasteiger partial charge in [0.25, 0.3) is 0 Å². The van der Waals surface area contributed by atoms with E-state index in [9.17, 15) is 8.42 Å². The number of rotatable bonds is 3. The largest absolute Gasteiger partial charge is 0.370 e. The standard InChI is InChI=1S/C17H18ClNO3S/c1-13-12-22-17(14-6-3-2-4-7-14)11-19(13)23(20,21)16-9-5-8-15(18)10-16/h2-10,13,17H,11-12H2,1H3. The molecule has 0 amide bonds. The van der Waals surface area contributed by atoms with Crippen molar-refractivity contribution in [3.8, 4) is 0 Å². The molecule has 1 aliphatic heterocycles. The Hall–Kier alpha value is -1.40. The summed E-state index contributed by atoms with van der Waals surface area (Å²) < 4.78 is 33.2. The van der Waals surface area contributed by atoms with Gasteiger partial charge < -0.3 is 4.74 Å². The average molecular weight is 352 g/mol. The minimum atomic E-state index is -3.61. The molecule has 4 nitrogen and oxygen atoms in total. The van der Waals surface area contributed by atoms with Crippen molar-refractivity contribution in [2.24, 2.45) is 0 Å². The minimum absolute atomic E-state index is 0.213. The topological polar surface area (TPSA) is 46.6 Å². The quantitative estimate of drug-likeness (QED) is 0.850.